The number of aliphatic imine (C=N–C) groups is 1. The second-order valence-corrected chi connectivity index (χ2v) is 6.87. The molecule has 0 spiro atoms. The summed E-state index contributed by atoms with van der Waals surface area (Å²) < 4.78 is 46.7. The van der Waals surface area contributed by atoms with Crippen LogP contribution < -0.4 is 15.4 Å². The summed E-state index contributed by atoms with van der Waals surface area (Å²) in [6.07, 6.45) is -4.34. The van der Waals surface area contributed by atoms with E-state index in [-0.39, 0.29) is 29.7 Å². The summed E-state index contributed by atoms with van der Waals surface area (Å²) >= 11 is 0. The predicted octanol–water partition coefficient (Wildman–Crippen LogP) is 3.02. The Morgan fingerprint density at radius 2 is 2.00 bits per heavy atom. The molecule has 1 aromatic rings. The largest absolute Gasteiger partial charge is 0.484 e. The molecule has 166 valence electrons. The molecule has 2 atom stereocenters. The van der Waals surface area contributed by atoms with Gasteiger partial charge in [0.2, 0.25) is 0 Å². The van der Waals surface area contributed by atoms with Crippen LogP contribution in [-0.4, -0.2) is 69.1 Å². The van der Waals surface area contributed by atoms with E-state index in [1.165, 1.54) is 12.1 Å². The zero-order valence-corrected chi connectivity index (χ0v) is 19.3. The van der Waals surface area contributed by atoms with E-state index in [9.17, 15) is 13.2 Å². The van der Waals surface area contributed by atoms with Crippen molar-refractivity contribution in [3.8, 4) is 5.75 Å². The van der Waals surface area contributed by atoms with Crippen molar-refractivity contribution >= 4 is 29.9 Å². The summed E-state index contributed by atoms with van der Waals surface area (Å²) in [5.74, 6) is 0.863. The Bertz CT molecular complexity index is 629. The second-order valence-electron chi connectivity index (χ2n) is 6.87. The van der Waals surface area contributed by atoms with Crippen molar-refractivity contribution in [2.24, 2.45) is 4.99 Å². The molecule has 1 saturated heterocycles. The average molecular weight is 530 g/mol. The fourth-order valence-corrected chi connectivity index (χ4v) is 3.03. The molecule has 2 N–H and O–H groups in total. The van der Waals surface area contributed by atoms with Crippen LogP contribution in [0.4, 0.5) is 13.2 Å². The zero-order valence-electron chi connectivity index (χ0n) is 17.0. The van der Waals surface area contributed by atoms with Crippen LogP contribution in [0.15, 0.2) is 29.3 Å². The van der Waals surface area contributed by atoms with Crippen molar-refractivity contribution in [1.29, 1.82) is 0 Å². The van der Waals surface area contributed by atoms with Crippen molar-refractivity contribution in [3.63, 3.8) is 0 Å². The number of halogens is 4. The van der Waals surface area contributed by atoms with Crippen LogP contribution >= 0.6 is 24.0 Å². The van der Waals surface area contributed by atoms with Crippen LogP contribution in [-0.2, 0) is 11.3 Å². The Morgan fingerprint density at radius 1 is 1.31 bits per heavy atom. The normalized spacial score (nSPS) is 19.2. The van der Waals surface area contributed by atoms with Crippen LogP contribution in [0.1, 0.15) is 19.4 Å². The fraction of sp³-hybridized carbons (Fsp3) is 0.632. The van der Waals surface area contributed by atoms with Crippen LogP contribution in [0.3, 0.4) is 0 Å². The molecule has 29 heavy (non-hydrogen) atoms. The lowest BCUT2D eigenvalue weighted by molar-refractivity contribution is -0.153. The van der Waals surface area contributed by atoms with Gasteiger partial charge < -0.3 is 20.1 Å². The Morgan fingerprint density at radius 3 is 2.59 bits per heavy atom. The lowest BCUT2D eigenvalue weighted by atomic mass is 10.2. The third-order valence-electron chi connectivity index (χ3n) is 4.56. The molecule has 0 radical (unpaired) electrons. The van der Waals surface area contributed by atoms with Gasteiger partial charge in [-0.25, -0.2) is 0 Å². The van der Waals surface area contributed by atoms with Crippen LogP contribution in [0.5, 0.6) is 5.75 Å². The number of guanidine groups is 1. The van der Waals surface area contributed by atoms with E-state index < -0.39 is 12.8 Å². The molecular weight excluding hydrogens is 500 g/mol. The van der Waals surface area contributed by atoms with E-state index in [2.05, 4.69) is 34.4 Å². The monoisotopic (exact) mass is 530 g/mol. The molecule has 6 nitrogen and oxygen atoms in total. The van der Waals surface area contributed by atoms with E-state index in [1.807, 2.05) is 0 Å². The van der Waals surface area contributed by atoms with E-state index in [1.54, 1.807) is 19.2 Å². The van der Waals surface area contributed by atoms with Gasteiger partial charge in [-0.2, -0.15) is 13.2 Å². The molecular formula is C19H30F3IN4O2. The highest BCUT2D eigenvalue weighted by atomic mass is 127. The summed E-state index contributed by atoms with van der Waals surface area (Å²) in [5.41, 5.74) is 0.914. The average Bonchev–Trinajstić information content (AvgIpc) is 2.67. The number of hydrogen-bond acceptors (Lipinski definition) is 4. The molecule has 10 heteroatoms. The molecule has 0 bridgehead atoms. The first kappa shape index (κ1) is 25.8. The second kappa shape index (κ2) is 12.4. The van der Waals surface area contributed by atoms with Crippen molar-refractivity contribution in [3.05, 3.63) is 29.8 Å². The first-order chi connectivity index (χ1) is 13.3. The van der Waals surface area contributed by atoms with Gasteiger partial charge in [0, 0.05) is 38.8 Å². The molecule has 1 aliphatic rings. The highest BCUT2D eigenvalue weighted by molar-refractivity contribution is 14.0. The summed E-state index contributed by atoms with van der Waals surface area (Å²) in [6.45, 7) is 6.70. The van der Waals surface area contributed by atoms with Gasteiger partial charge in [0.1, 0.15) is 5.75 Å². The highest BCUT2D eigenvalue weighted by Gasteiger charge is 2.28. The molecule has 1 fully saturated rings. The van der Waals surface area contributed by atoms with Crippen LogP contribution in [0.2, 0.25) is 0 Å². The summed E-state index contributed by atoms with van der Waals surface area (Å²) in [5, 5.41) is 6.52. The number of hydrogen-bond donors (Lipinski definition) is 2. The molecule has 0 aliphatic carbocycles. The Labute approximate surface area is 187 Å². The quantitative estimate of drug-likeness (QED) is 0.323. The maximum atomic E-state index is 12.2. The van der Waals surface area contributed by atoms with E-state index in [0.29, 0.717) is 24.6 Å². The zero-order chi connectivity index (χ0) is 20.6. The number of benzene rings is 1. The van der Waals surface area contributed by atoms with Gasteiger partial charge >= 0.3 is 6.18 Å². The number of nitrogens with zero attached hydrogens (tertiary/aromatic N) is 2. The minimum absolute atomic E-state index is 0. The first-order valence-corrected chi connectivity index (χ1v) is 9.35. The van der Waals surface area contributed by atoms with E-state index in [0.717, 1.165) is 31.9 Å². The standard InChI is InChI=1S/C19H29F3N4O2.HI/c1-14(26-8-9-27-12-15(26)2)10-24-18(23-3)25-11-16-4-6-17(7-5-16)28-13-19(20,21)22;/h4-7,14-15H,8-13H2,1-3H3,(H2,23,24,25);1H. The van der Waals surface area contributed by atoms with E-state index >= 15 is 0 Å². The number of morpholine rings is 1. The van der Waals surface area contributed by atoms with Crippen LogP contribution in [0.25, 0.3) is 0 Å². The summed E-state index contributed by atoms with van der Waals surface area (Å²) in [4.78, 5) is 6.62. The van der Waals surface area contributed by atoms with Crippen LogP contribution in [0, 0.1) is 0 Å². The van der Waals surface area contributed by atoms with Gasteiger partial charge in [-0.15, -0.1) is 24.0 Å². The Hall–Kier alpha value is -1.27. The number of nitrogens with one attached hydrogen (secondary N) is 2. The molecule has 1 heterocycles. The Balaban J connectivity index is 0.00000420. The highest BCUT2D eigenvalue weighted by Crippen LogP contribution is 2.18. The SMILES string of the molecule is CN=C(NCc1ccc(OCC(F)(F)F)cc1)NCC(C)N1CCOCC1C.I. The lowest BCUT2D eigenvalue weighted by Gasteiger charge is -2.38. The van der Waals surface area contributed by atoms with Gasteiger partial charge in [-0.3, -0.25) is 9.89 Å². The maximum absolute atomic E-state index is 12.2. The number of alkyl halides is 3. The molecule has 2 rings (SSSR count). The van der Waals surface area contributed by atoms with Gasteiger partial charge in [0.05, 0.1) is 13.2 Å². The topological polar surface area (TPSA) is 58.1 Å². The van der Waals surface area contributed by atoms with E-state index in [4.69, 9.17) is 9.47 Å². The molecule has 0 saturated carbocycles. The number of rotatable bonds is 7. The number of ether oxygens (including phenoxy) is 2. The smallest absolute Gasteiger partial charge is 0.422 e. The van der Waals surface area contributed by atoms with Crippen molar-refractivity contribution in [2.45, 2.75) is 38.7 Å². The Kier molecular flexibility index (Phi) is 11.0. The minimum Gasteiger partial charge on any atom is -0.484 e. The van der Waals surface area contributed by atoms with Gasteiger partial charge in [0.25, 0.3) is 0 Å². The molecule has 1 aromatic carbocycles. The third-order valence-corrected chi connectivity index (χ3v) is 4.56. The molecule has 1 aliphatic heterocycles. The molecule has 2 unspecified atom stereocenters. The summed E-state index contributed by atoms with van der Waals surface area (Å²) in [6, 6.07) is 7.23. The van der Waals surface area contributed by atoms with Crippen molar-refractivity contribution in [2.75, 3.05) is 40.0 Å². The maximum Gasteiger partial charge on any atom is 0.422 e. The lowest BCUT2D eigenvalue weighted by Crippen LogP contribution is -2.52. The third kappa shape index (κ3) is 9.39. The van der Waals surface area contributed by atoms with Gasteiger partial charge in [0.15, 0.2) is 12.6 Å². The van der Waals surface area contributed by atoms with Gasteiger partial charge in [-0.05, 0) is 31.5 Å². The fourth-order valence-electron chi connectivity index (χ4n) is 3.03. The first-order valence-electron chi connectivity index (χ1n) is 9.35. The summed E-state index contributed by atoms with van der Waals surface area (Å²) in [7, 11) is 1.70. The van der Waals surface area contributed by atoms with Crippen molar-refractivity contribution < 1.29 is 22.6 Å². The predicted molar refractivity (Wildman–Crippen MR) is 118 cm³/mol. The molecule has 0 aromatic heterocycles. The van der Waals surface area contributed by atoms with Crippen molar-refractivity contribution in [1.82, 2.24) is 15.5 Å². The molecule has 0 amide bonds. The minimum atomic E-state index is -4.34. The van der Waals surface area contributed by atoms with Gasteiger partial charge in [-0.1, -0.05) is 12.1 Å².